The van der Waals surface area contributed by atoms with E-state index in [4.69, 9.17) is 9.47 Å². The third-order valence-corrected chi connectivity index (χ3v) is 6.69. The summed E-state index contributed by atoms with van der Waals surface area (Å²) in [4.78, 5) is 24.0. The summed E-state index contributed by atoms with van der Waals surface area (Å²) in [6.07, 6.45) is 5.74. The number of ether oxygens (including phenoxy) is 2. The lowest BCUT2D eigenvalue weighted by Gasteiger charge is -2.63. The molecule has 5 heteroatoms. The largest absolute Gasteiger partial charge is 0.460 e. The van der Waals surface area contributed by atoms with Crippen molar-refractivity contribution in [1.82, 2.24) is 0 Å². The lowest BCUT2D eigenvalue weighted by molar-refractivity contribution is -0.253. The highest BCUT2D eigenvalue weighted by molar-refractivity contribution is 5.81. The molecule has 0 aromatic rings. The first kappa shape index (κ1) is 18.4. The van der Waals surface area contributed by atoms with E-state index in [0.29, 0.717) is 18.3 Å². The van der Waals surface area contributed by atoms with Crippen LogP contribution in [0.5, 0.6) is 0 Å². The second-order valence-corrected chi connectivity index (χ2v) is 8.68. The Morgan fingerprint density at radius 1 is 1.24 bits per heavy atom. The maximum atomic E-state index is 12.7. The third kappa shape index (κ3) is 3.35. The maximum Gasteiger partial charge on any atom is 0.330 e. The van der Waals surface area contributed by atoms with E-state index in [1.54, 1.807) is 13.8 Å². The third-order valence-electron chi connectivity index (χ3n) is 6.69. The molecule has 4 bridgehead atoms. The van der Waals surface area contributed by atoms with Crippen LogP contribution in [0.2, 0.25) is 0 Å². The molecule has 5 atom stereocenters. The fourth-order valence-corrected chi connectivity index (χ4v) is 5.65. The number of carbonyl (C=O) groups excluding carboxylic acids is 2. The second-order valence-electron chi connectivity index (χ2n) is 8.68. The van der Waals surface area contributed by atoms with Crippen LogP contribution in [0.15, 0.2) is 12.7 Å². The highest BCUT2D eigenvalue weighted by atomic mass is 16.6. The molecule has 0 aromatic carbocycles. The van der Waals surface area contributed by atoms with Gasteiger partial charge in [0.2, 0.25) is 0 Å². The molecule has 5 nitrogen and oxygen atoms in total. The van der Waals surface area contributed by atoms with Gasteiger partial charge >= 0.3 is 11.9 Å². The van der Waals surface area contributed by atoms with Crippen molar-refractivity contribution >= 4 is 11.9 Å². The van der Waals surface area contributed by atoms with Crippen molar-refractivity contribution in [3.8, 4) is 0 Å². The van der Waals surface area contributed by atoms with Gasteiger partial charge in [-0.25, -0.2) is 4.79 Å². The predicted octanol–water partition coefficient (Wildman–Crippen LogP) is 3.00. The van der Waals surface area contributed by atoms with E-state index in [1.165, 1.54) is 0 Å². The van der Waals surface area contributed by atoms with Crippen LogP contribution < -0.4 is 0 Å². The van der Waals surface area contributed by atoms with Crippen LogP contribution in [0, 0.1) is 23.7 Å². The van der Waals surface area contributed by atoms with E-state index in [0.717, 1.165) is 38.2 Å². The van der Waals surface area contributed by atoms with Crippen LogP contribution in [-0.2, 0) is 19.1 Å². The minimum Gasteiger partial charge on any atom is -0.460 e. The first-order chi connectivity index (χ1) is 11.7. The Bertz CT molecular complexity index is 554. The second kappa shape index (κ2) is 6.42. The van der Waals surface area contributed by atoms with Gasteiger partial charge in [0.05, 0.1) is 11.5 Å². The van der Waals surface area contributed by atoms with Gasteiger partial charge in [0, 0.05) is 12.0 Å². The number of aliphatic hydroxyl groups is 1. The minimum atomic E-state index is -0.680. The molecule has 0 saturated heterocycles. The Hall–Kier alpha value is -1.36. The highest BCUT2D eigenvalue weighted by Gasteiger charge is 2.63. The molecule has 0 amide bonds. The van der Waals surface area contributed by atoms with Crippen LogP contribution in [0.3, 0.4) is 0 Å². The van der Waals surface area contributed by atoms with Gasteiger partial charge in [0.1, 0.15) is 11.7 Å². The molecule has 140 valence electrons. The average Bonchev–Trinajstić information content (AvgIpc) is 2.51. The van der Waals surface area contributed by atoms with Gasteiger partial charge in [-0.3, -0.25) is 4.79 Å². The fourth-order valence-electron chi connectivity index (χ4n) is 5.65. The quantitative estimate of drug-likeness (QED) is 0.589. The summed E-state index contributed by atoms with van der Waals surface area (Å²) in [5.41, 5.74) is -1.20. The highest BCUT2D eigenvalue weighted by Crippen LogP contribution is 2.61. The Morgan fingerprint density at radius 3 is 2.40 bits per heavy atom. The summed E-state index contributed by atoms with van der Waals surface area (Å²) in [5, 5.41) is 11.0. The van der Waals surface area contributed by atoms with Gasteiger partial charge in [-0.1, -0.05) is 20.4 Å². The molecule has 25 heavy (non-hydrogen) atoms. The summed E-state index contributed by atoms with van der Waals surface area (Å²) >= 11 is 0. The monoisotopic (exact) mass is 350 g/mol. The van der Waals surface area contributed by atoms with E-state index in [9.17, 15) is 14.7 Å². The van der Waals surface area contributed by atoms with Crippen LogP contribution in [0.4, 0.5) is 0 Å². The smallest absolute Gasteiger partial charge is 0.330 e. The Morgan fingerprint density at radius 2 is 1.84 bits per heavy atom. The van der Waals surface area contributed by atoms with Gasteiger partial charge in [-0.15, -0.1) is 0 Å². The first-order valence-corrected chi connectivity index (χ1v) is 9.46. The zero-order valence-electron chi connectivity index (χ0n) is 15.5. The molecule has 5 unspecified atom stereocenters. The predicted molar refractivity (Wildman–Crippen MR) is 92.5 cm³/mol. The van der Waals surface area contributed by atoms with Gasteiger partial charge in [-0.2, -0.15) is 0 Å². The summed E-state index contributed by atoms with van der Waals surface area (Å²) in [6.45, 7) is 8.98. The number of hydrogen-bond acceptors (Lipinski definition) is 5. The number of rotatable bonds is 6. The molecule has 4 saturated carbocycles. The number of hydrogen-bond donors (Lipinski definition) is 1. The molecule has 4 aliphatic rings. The topological polar surface area (TPSA) is 72.8 Å². The Labute approximate surface area is 149 Å². The standard InChI is InChI=1S/C20H30O5/c1-5-17(21)24-13(3)6-12(2)18(22)25-20-10-15-7-16(11-20)9-19(23,8-15)14(20)4/h5,12-16,23H,1,6-11H2,2-4H3. The summed E-state index contributed by atoms with van der Waals surface area (Å²) in [7, 11) is 0. The summed E-state index contributed by atoms with van der Waals surface area (Å²) in [6, 6.07) is 0. The van der Waals surface area contributed by atoms with E-state index >= 15 is 0 Å². The average molecular weight is 350 g/mol. The number of carbonyl (C=O) groups is 2. The van der Waals surface area contributed by atoms with Crippen molar-refractivity contribution in [1.29, 1.82) is 0 Å². The van der Waals surface area contributed by atoms with Gasteiger partial charge < -0.3 is 14.6 Å². The van der Waals surface area contributed by atoms with Crippen LogP contribution in [0.1, 0.15) is 59.3 Å². The molecule has 0 heterocycles. The first-order valence-electron chi connectivity index (χ1n) is 9.46. The molecule has 4 aliphatic carbocycles. The van der Waals surface area contributed by atoms with E-state index in [-0.39, 0.29) is 23.9 Å². The maximum absolute atomic E-state index is 12.7. The lowest BCUT2D eigenvalue weighted by Crippen LogP contribution is -2.66. The molecule has 0 radical (unpaired) electrons. The SMILES string of the molecule is C=CC(=O)OC(C)CC(C)C(=O)OC12CC3CC(CC(O)(C3)C1C)C2. The van der Waals surface area contributed by atoms with Crippen molar-refractivity contribution in [3.63, 3.8) is 0 Å². The van der Waals surface area contributed by atoms with E-state index < -0.39 is 17.2 Å². The minimum absolute atomic E-state index is 0.0278. The van der Waals surface area contributed by atoms with Crippen LogP contribution >= 0.6 is 0 Å². The summed E-state index contributed by atoms with van der Waals surface area (Å²) < 4.78 is 11.2. The molecule has 0 spiro atoms. The van der Waals surface area contributed by atoms with Crippen molar-refractivity contribution in [2.24, 2.45) is 23.7 Å². The molecule has 0 aromatic heterocycles. The number of esters is 2. The Kier molecular flexibility index (Phi) is 4.73. The zero-order valence-corrected chi connectivity index (χ0v) is 15.5. The van der Waals surface area contributed by atoms with Crippen LogP contribution in [0.25, 0.3) is 0 Å². The van der Waals surface area contributed by atoms with Crippen molar-refractivity contribution in [2.45, 2.75) is 76.6 Å². The van der Waals surface area contributed by atoms with Gasteiger partial charge in [0.25, 0.3) is 0 Å². The molecule has 4 rings (SSSR count). The molecular weight excluding hydrogens is 320 g/mol. The van der Waals surface area contributed by atoms with Crippen LogP contribution in [-0.4, -0.2) is 34.4 Å². The Balaban J connectivity index is 1.64. The molecule has 0 aliphatic heterocycles. The van der Waals surface area contributed by atoms with Crippen molar-refractivity contribution in [3.05, 3.63) is 12.7 Å². The normalized spacial score (nSPS) is 41.0. The van der Waals surface area contributed by atoms with Gasteiger partial charge in [-0.05, 0) is 57.3 Å². The van der Waals surface area contributed by atoms with E-state index in [2.05, 4.69) is 6.58 Å². The molecule has 4 fully saturated rings. The van der Waals surface area contributed by atoms with Crippen molar-refractivity contribution < 1.29 is 24.2 Å². The summed E-state index contributed by atoms with van der Waals surface area (Å²) in [5.74, 6) is -0.195. The van der Waals surface area contributed by atoms with Crippen molar-refractivity contribution in [2.75, 3.05) is 0 Å². The fraction of sp³-hybridized carbons (Fsp3) is 0.800. The molecule has 1 N–H and O–H groups in total. The molecular formula is C20H30O5. The van der Waals surface area contributed by atoms with E-state index in [1.807, 2.05) is 6.92 Å². The lowest BCUT2D eigenvalue weighted by atomic mass is 9.48. The van der Waals surface area contributed by atoms with Gasteiger partial charge in [0.15, 0.2) is 0 Å². The zero-order chi connectivity index (χ0) is 18.4.